The van der Waals surface area contributed by atoms with Crippen LogP contribution in [-0.2, 0) is 26.1 Å². The Morgan fingerprint density at radius 3 is 2.50 bits per heavy atom. The fourth-order valence-electron chi connectivity index (χ4n) is 4.57. The molecule has 1 saturated heterocycles. The number of hydrogen-bond acceptors (Lipinski definition) is 6. The Kier molecular flexibility index (Phi) is 8.04. The van der Waals surface area contributed by atoms with Crippen LogP contribution in [0.5, 0.6) is 5.75 Å². The number of benzene rings is 1. The number of esters is 1. The second-order valence-electron chi connectivity index (χ2n) is 8.23. The molecule has 1 aliphatic heterocycles. The molecule has 0 bridgehead atoms. The first-order valence-electron chi connectivity index (χ1n) is 11.5. The van der Waals surface area contributed by atoms with E-state index in [1.165, 1.54) is 11.4 Å². The van der Waals surface area contributed by atoms with Crippen LogP contribution >= 0.6 is 0 Å². The van der Waals surface area contributed by atoms with Crippen molar-refractivity contribution in [3.05, 3.63) is 41.2 Å². The minimum absolute atomic E-state index is 0.0291. The van der Waals surface area contributed by atoms with E-state index in [4.69, 9.17) is 9.47 Å². The number of hydrogen-bond donors (Lipinski definition) is 1. The van der Waals surface area contributed by atoms with E-state index in [-0.39, 0.29) is 36.1 Å². The lowest BCUT2D eigenvalue weighted by Crippen LogP contribution is -2.44. The summed E-state index contributed by atoms with van der Waals surface area (Å²) in [6.07, 6.45) is 1.09. The molecule has 1 fully saturated rings. The zero-order valence-corrected chi connectivity index (χ0v) is 21.2. The third kappa shape index (κ3) is 4.83. The van der Waals surface area contributed by atoms with Gasteiger partial charge in [-0.25, -0.2) is 13.2 Å². The Hall–Kier alpha value is -2.85. The molecular formula is C24H33N3O6S. The van der Waals surface area contributed by atoms with E-state index in [0.29, 0.717) is 42.2 Å². The number of sulfonamides is 1. The van der Waals surface area contributed by atoms with E-state index in [9.17, 15) is 18.0 Å². The Morgan fingerprint density at radius 1 is 1.15 bits per heavy atom. The fourth-order valence-corrected chi connectivity index (χ4v) is 6.55. The molecule has 1 aliphatic rings. The van der Waals surface area contributed by atoms with Gasteiger partial charge in [0.2, 0.25) is 15.9 Å². The number of ether oxygens (including phenoxy) is 2. The molecule has 0 radical (unpaired) electrons. The quantitative estimate of drug-likeness (QED) is 0.568. The van der Waals surface area contributed by atoms with Gasteiger partial charge < -0.3 is 19.4 Å². The molecule has 186 valence electrons. The Labute approximate surface area is 201 Å². The lowest BCUT2D eigenvalue weighted by Gasteiger charge is -2.31. The van der Waals surface area contributed by atoms with Crippen molar-refractivity contribution in [2.24, 2.45) is 5.92 Å². The molecule has 0 spiro atoms. The summed E-state index contributed by atoms with van der Waals surface area (Å²) in [6, 6.07) is 7.07. The number of anilines is 1. The summed E-state index contributed by atoms with van der Waals surface area (Å²) in [5, 5.41) is 2.86. The van der Waals surface area contributed by atoms with Gasteiger partial charge in [-0.1, -0.05) is 12.1 Å². The first-order chi connectivity index (χ1) is 16.2. The first kappa shape index (κ1) is 25.8. The Morgan fingerprint density at radius 2 is 1.85 bits per heavy atom. The van der Waals surface area contributed by atoms with Crippen molar-refractivity contribution in [2.75, 3.05) is 32.1 Å². The molecule has 9 nitrogen and oxygen atoms in total. The van der Waals surface area contributed by atoms with Gasteiger partial charge in [-0.2, -0.15) is 4.31 Å². The Balaban J connectivity index is 1.91. The molecular weight excluding hydrogens is 458 g/mol. The van der Waals surface area contributed by atoms with Crippen LogP contribution in [0.2, 0.25) is 0 Å². The number of nitrogens with one attached hydrogen (secondary N) is 1. The number of carbonyl (C=O) groups is 2. The zero-order valence-electron chi connectivity index (χ0n) is 20.4. The van der Waals surface area contributed by atoms with Crippen LogP contribution in [-0.4, -0.2) is 56.0 Å². The molecule has 34 heavy (non-hydrogen) atoms. The van der Waals surface area contributed by atoms with Gasteiger partial charge in [0.1, 0.15) is 16.2 Å². The number of rotatable bonds is 8. The highest BCUT2D eigenvalue weighted by molar-refractivity contribution is 7.89. The summed E-state index contributed by atoms with van der Waals surface area (Å²) < 4.78 is 41.2. The van der Waals surface area contributed by atoms with Gasteiger partial charge in [-0.3, -0.25) is 4.79 Å². The largest absolute Gasteiger partial charge is 0.495 e. The molecule has 0 saturated carbocycles. The molecule has 3 rings (SSSR count). The summed E-state index contributed by atoms with van der Waals surface area (Å²) in [7, 11) is -2.52. The first-order valence-corrected chi connectivity index (χ1v) is 12.9. The normalized spacial score (nSPS) is 16.8. The van der Waals surface area contributed by atoms with Gasteiger partial charge in [-0.15, -0.1) is 0 Å². The molecule has 1 aromatic carbocycles. The van der Waals surface area contributed by atoms with Gasteiger partial charge in [0, 0.05) is 31.0 Å². The van der Waals surface area contributed by atoms with Gasteiger partial charge >= 0.3 is 5.97 Å². The molecule has 1 N–H and O–H groups in total. The van der Waals surface area contributed by atoms with Crippen LogP contribution < -0.4 is 10.1 Å². The maximum Gasteiger partial charge on any atom is 0.341 e. The van der Waals surface area contributed by atoms with Crippen LogP contribution in [0.25, 0.3) is 0 Å². The van der Waals surface area contributed by atoms with E-state index in [1.54, 1.807) is 49.6 Å². The molecule has 1 aromatic heterocycles. The summed E-state index contributed by atoms with van der Waals surface area (Å²) in [6.45, 7) is 7.96. The molecule has 10 heteroatoms. The number of aromatic nitrogens is 1. The monoisotopic (exact) mass is 491 g/mol. The van der Waals surface area contributed by atoms with Gasteiger partial charge in [0.05, 0.1) is 25.3 Å². The minimum Gasteiger partial charge on any atom is -0.495 e. The highest BCUT2D eigenvalue weighted by atomic mass is 32.2. The molecule has 1 atom stereocenters. The van der Waals surface area contributed by atoms with E-state index in [1.807, 2.05) is 6.92 Å². The number of para-hydroxylation sites is 2. The topological polar surface area (TPSA) is 107 Å². The van der Waals surface area contributed by atoms with Gasteiger partial charge in [-0.05, 0) is 52.7 Å². The number of methoxy groups -OCH3 is 1. The number of piperidine rings is 1. The van der Waals surface area contributed by atoms with E-state index < -0.39 is 21.9 Å². The van der Waals surface area contributed by atoms with Crippen LogP contribution in [0, 0.1) is 19.8 Å². The average Bonchev–Trinajstić information content (AvgIpc) is 3.09. The minimum atomic E-state index is -4.04. The zero-order chi connectivity index (χ0) is 25.0. The highest BCUT2D eigenvalue weighted by Crippen LogP contribution is 2.33. The lowest BCUT2D eigenvalue weighted by molar-refractivity contribution is -0.120. The van der Waals surface area contributed by atoms with Crippen molar-refractivity contribution in [2.45, 2.75) is 52.0 Å². The third-order valence-electron chi connectivity index (χ3n) is 6.24. The maximum atomic E-state index is 13.8. The molecule has 1 amide bonds. The smallest absolute Gasteiger partial charge is 0.341 e. The van der Waals surface area contributed by atoms with Crippen molar-refractivity contribution < 1.29 is 27.5 Å². The number of nitrogens with zero attached hydrogens (tertiary/aromatic N) is 2. The van der Waals surface area contributed by atoms with Crippen LogP contribution in [0.3, 0.4) is 0 Å². The fraction of sp³-hybridized carbons (Fsp3) is 0.500. The third-order valence-corrected chi connectivity index (χ3v) is 8.27. The number of amides is 1. The van der Waals surface area contributed by atoms with Crippen molar-refractivity contribution in [3.8, 4) is 5.75 Å². The number of carbonyl (C=O) groups excluding carboxylic acids is 2. The van der Waals surface area contributed by atoms with Crippen molar-refractivity contribution >= 4 is 27.6 Å². The lowest BCUT2D eigenvalue weighted by atomic mass is 9.98. The predicted octanol–water partition coefficient (Wildman–Crippen LogP) is 3.35. The van der Waals surface area contributed by atoms with E-state index in [0.717, 1.165) is 0 Å². The highest BCUT2D eigenvalue weighted by Gasteiger charge is 2.39. The van der Waals surface area contributed by atoms with Crippen molar-refractivity contribution in [3.63, 3.8) is 0 Å². The molecule has 0 unspecified atom stereocenters. The van der Waals surface area contributed by atoms with Gasteiger partial charge in [0.25, 0.3) is 0 Å². The second-order valence-corrected chi connectivity index (χ2v) is 10.1. The van der Waals surface area contributed by atoms with E-state index >= 15 is 0 Å². The van der Waals surface area contributed by atoms with E-state index in [2.05, 4.69) is 5.32 Å². The van der Waals surface area contributed by atoms with Crippen LogP contribution in [0.15, 0.2) is 29.2 Å². The predicted molar refractivity (Wildman–Crippen MR) is 129 cm³/mol. The second kappa shape index (κ2) is 10.6. The summed E-state index contributed by atoms with van der Waals surface area (Å²) >= 11 is 0. The van der Waals surface area contributed by atoms with Crippen molar-refractivity contribution in [1.82, 2.24) is 8.87 Å². The summed E-state index contributed by atoms with van der Waals surface area (Å²) in [5.41, 5.74) is 1.65. The molecule has 2 heterocycles. The SMILES string of the molecule is CCOC(=O)c1c(S(=O)(=O)N2CCC[C@H](C(=O)Nc3ccccc3OC)C2)c(C)n(CC)c1C. The van der Waals surface area contributed by atoms with Crippen molar-refractivity contribution in [1.29, 1.82) is 0 Å². The van der Waals surface area contributed by atoms with Crippen LogP contribution in [0.4, 0.5) is 5.69 Å². The van der Waals surface area contributed by atoms with Crippen LogP contribution in [0.1, 0.15) is 48.4 Å². The maximum absolute atomic E-state index is 13.8. The standard InChI is InChI=1S/C24H33N3O6S/c1-6-27-16(3)21(24(29)33-7-2)22(17(27)4)34(30,31)26-14-10-11-18(15-26)23(28)25-19-12-8-9-13-20(19)32-5/h8-9,12-13,18H,6-7,10-11,14-15H2,1-5H3,(H,25,28)/t18-/m0/s1. The summed E-state index contributed by atoms with van der Waals surface area (Å²) in [4.78, 5) is 25.7. The average molecular weight is 492 g/mol. The molecule has 0 aliphatic carbocycles. The Bertz CT molecular complexity index is 1170. The van der Waals surface area contributed by atoms with Gasteiger partial charge in [0.15, 0.2) is 0 Å². The molecule has 2 aromatic rings. The summed E-state index contributed by atoms with van der Waals surface area (Å²) in [5.74, 6) is -0.929.